The van der Waals surface area contributed by atoms with Gasteiger partial charge >= 0.3 is 6.09 Å². The molecule has 162 valence electrons. The number of hydrogen-bond donors (Lipinski definition) is 1. The first-order valence-electron chi connectivity index (χ1n) is 11.9. The van der Waals surface area contributed by atoms with Crippen molar-refractivity contribution in [3.05, 3.63) is 36.2 Å². The molecule has 1 N–H and O–H groups in total. The highest BCUT2D eigenvalue weighted by molar-refractivity contribution is 5.72. The standard InChI is InChI=1S/C26H36N2O2/c1-25-12-10-19(28-24(29)30-3)15-18(25)6-7-20-22-9-8-21(17-5-4-14-27-16-17)26(22,2)13-11-23(20)25/h4-5,8,14,16,18-20,22-23H,6-7,9-13,15H2,1-3H3,(H,28,29)/t18?,19-,20+,22+,23+,25+,26-/m1/s1. The van der Waals surface area contributed by atoms with E-state index in [1.54, 1.807) is 5.57 Å². The minimum atomic E-state index is -0.273. The number of amides is 1. The van der Waals surface area contributed by atoms with Crippen molar-refractivity contribution in [3.63, 3.8) is 0 Å². The fraction of sp³-hybridized carbons (Fsp3) is 0.692. The Bertz CT molecular complexity index is 837. The van der Waals surface area contributed by atoms with Gasteiger partial charge in [-0.1, -0.05) is 26.0 Å². The molecule has 0 bridgehead atoms. The van der Waals surface area contributed by atoms with E-state index in [-0.39, 0.29) is 12.1 Å². The quantitative estimate of drug-likeness (QED) is 0.668. The zero-order valence-corrected chi connectivity index (χ0v) is 18.7. The average Bonchev–Trinajstić information content (AvgIpc) is 3.11. The number of aromatic nitrogens is 1. The summed E-state index contributed by atoms with van der Waals surface area (Å²) in [5.74, 6) is 3.16. The maximum atomic E-state index is 11.7. The third-order valence-electron chi connectivity index (χ3n) is 9.73. The van der Waals surface area contributed by atoms with Gasteiger partial charge in [0, 0.05) is 18.4 Å². The molecule has 7 atom stereocenters. The number of nitrogens with one attached hydrogen (secondary N) is 1. The number of pyridine rings is 1. The molecule has 3 saturated carbocycles. The maximum absolute atomic E-state index is 11.7. The average molecular weight is 409 g/mol. The summed E-state index contributed by atoms with van der Waals surface area (Å²) < 4.78 is 4.84. The van der Waals surface area contributed by atoms with Gasteiger partial charge in [0.15, 0.2) is 0 Å². The monoisotopic (exact) mass is 408 g/mol. The Morgan fingerprint density at radius 1 is 1.17 bits per heavy atom. The largest absolute Gasteiger partial charge is 0.453 e. The van der Waals surface area contributed by atoms with Gasteiger partial charge < -0.3 is 10.1 Å². The van der Waals surface area contributed by atoms with Crippen LogP contribution in [0.15, 0.2) is 30.6 Å². The summed E-state index contributed by atoms with van der Waals surface area (Å²) in [6, 6.07) is 4.60. The predicted octanol–water partition coefficient (Wildman–Crippen LogP) is 5.84. The molecule has 0 aliphatic heterocycles. The van der Waals surface area contributed by atoms with Gasteiger partial charge in [0.25, 0.3) is 0 Å². The van der Waals surface area contributed by atoms with Gasteiger partial charge in [0.05, 0.1) is 7.11 Å². The molecule has 0 aromatic carbocycles. The van der Waals surface area contributed by atoms with Crippen LogP contribution < -0.4 is 5.32 Å². The molecule has 1 aromatic rings. The summed E-state index contributed by atoms with van der Waals surface area (Å²) in [6.45, 7) is 5.11. The van der Waals surface area contributed by atoms with E-state index in [1.165, 1.54) is 51.2 Å². The van der Waals surface area contributed by atoms with Gasteiger partial charge in [-0.15, -0.1) is 0 Å². The topological polar surface area (TPSA) is 51.2 Å². The van der Waals surface area contributed by atoms with Crippen LogP contribution in [0.4, 0.5) is 4.79 Å². The van der Waals surface area contributed by atoms with E-state index in [4.69, 9.17) is 4.74 Å². The van der Waals surface area contributed by atoms with Gasteiger partial charge in [-0.2, -0.15) is 0 Å². The van der Waals surface area contributed by atoms with E-state index in [9.17, 15) is 4.79 Å². The fourth-order valence-corrected chi connectivity index (χ4v) is 8.15. The first-order valence-corrected chi connectivity index (χ1v) is 11.9. The number of methoxy groups -OCH3 is 1. The molecule has 4 heteroatoms. The van der Waals surface area contributed by atoms with E-state index >= 15 is 0 Å². The Morgan fingerprint density at radius 2 is 2.03 bits per heavy atom. The van der Waals surface area contributed by atoms with E-state index < -0.39 is 0 Å². The van der Waals surface area contributed by atoms with Crippen LogP contribution in [-0.2, 0) is 4.74 Å². The number of carbonyl (C=O) groups is 1. The van der Waals surface area contributed by atoms with Crippen LogP contribution in [0.2, 0.25) is 0 Å². The van der Waals surface area contributed by atoms with E-state index in [0.29, 0.717) is 10.8 Å². The Labute approximate surface area is 180 Å². The van der Waals surface area contributed by atoms with E-state index in [2.05, 4.69) is 48.6 Å². The van der Waals surface area contributed by atoms with Gasteiger partial charge in [0.1, 0.15) is 0 Å². The molecular weight excluding hydrogens is 372 g/mol. The zero-order valence-electron chi connectivity index (χ0n) is 18.7. The van der Waals surface area contributed by atoms with Crippen molar-refractivity contribution in [2.24, 2.45) is 34.5 Å². The summed E-state index contributed by atoms with van der Waals surface area (Å²) in [5.41, 5.74) is 3.61. The fourth-order valence-electron chi connectivity index (χ4n) is 8.15. The van der Waals surface area contributed by atoms with Crippen LogP contribution in [0.5, 0.6) is 0 Å². The van der Waals surface area contributed by atoms with Crippen molar-refractivity contribution in [3.8, 4) is 0 Å². The molecule has 1 amide bonds. The predicted molar refractivity (Wildman–Crippen MR) is 119 cm³/mol. The molecule has 1 aromatic heterocycles. The summed E-state index contributed by atoms with van der Waals surface area (Å²) in [7, 11) is 1.46. The van der Waals surface area contributed by atoms with Crippen molar-refractivity contribution in [1.82, 2.24) is 10.3 Å². The molecule has 5 rings (SSSR count). The second-order valence-corrected chi connectivity index (χ2v) is 10.8. The summed E-state index contributed by atoms with van der Waals surface area (Å²) in [4.78, 5) is 16.1. The smallest absolute Gasteiger partial charge is 0.407 e. The highest BCUT2D eigenvalue weighted by Gasteiger charge is 2.58. The molecule has 3 fully saturated rings. The SMILES string of the molecule is COC(=O)N[C@@H]1CC[C@@]2(C)C(CC[C@@H]3[C@@H]2CC[C@]2(C)C(c4cccnc4)=CC[C@@H]32)C1. The molecule has 0 spiro atoms. The molecule has 0 saturated heterocycles. The van der Waals surface area contributed by atoms with Crippen LogP contribution in [0.25, 0.3) is 5.57 Å². The van der Waals surface area contributed by atoms with Crippen LogP contribution in [0.3, 0.4) is 0 Å². The lowest BCUT2D eigenvalue weighted by Gasteiger charge is -2.61. The van der Waals surface area contributed by atoms with Crippen molar-refractivity contribution in [2.75, 3.05) is 7.11 Å². The van der Waals surface area contributed by atoms with Crippen LogP contribution >= 0.6 is 0 Å². The number of hydrogen-bond acceptors (Lipinski definition) is 3. The van der Waals surface area contributed by atoms with Gasteiger partial charge in [0.2, 0.25) is 0 Å². The molecule has 0 radical (unpaired) electrons. The summed E-state index contributed by atoms with van der Waals surface area (Å²) in [6.07, 6.45) is 16.2. The number of ether oxygens (including phenoxy) is 1. The van der Waals surface area contributed by atoms with Gasteiger partial charge in [-0.05, 0) is 103 Å². The number of nitrogens with zero attached hydrogens (tertiary/aromatic N) is 1. The van der Waals surface area contributed by atoms with Crippen molar-refractivity contribution in [2.45, 2.75) is 71.3 Å². The van der Waals surface area contributed by atoms with Crippen molar-refractivity contribution < 1.29 is 9.53 Å². The van der Waals surface area contributed by atoms with Crippen LogP contribution in [0, 0.1) is 34.5 Å². The molecule has 4 nitrogen and oxygen atoms in total. The van der Waals surface area contributed by atoms with Crippen molar-refractivity contribution >= 4 is 11.7 Å². The Balaban J connectivity index is 1.34. The molecule has 4 aliphatic carbocycles. The first-order chi connectivity index (χ1) is 14.5. The van der Waals surface area contributed by atoms with E-state index in [0.717, 1.165) is 36.5 Å². The first kappa shape index (κ1) is 20.1. The van der Waals surface area contributed by atoms with E-state index in [1.807, 2.05) is 6.20 Å². The third kappa shape index (κ3) is 3.01. The van der Waals surface area contributed by atoms with Crippen molar-refractivity contribution in [1.29, 1.82) is 0 Å². The molecule has 1 heterocycles. The summed E-state index contributed by atoms with van der Waals surface area (Å²) in [5, 5.41) is 3.08. The lowest BCUT2D eigenvalue weighted by Crippen LogP contribution is -2.55. The second kappa shape index (κ2) is 7.39. The lowest BCUT2D eigenvalue weighted by molar-refractivity contribution is -0.0996. The number of carbonyl (C=O) groups excluding carboxylic acids is 1. The van der Waals surface area contributed by atoms with Gasteiger partial charge in [-0.3, -0.25) is 4.98 Å². The minimum absolute atomic E-state index is 0.273. The number of rotatable bonds is 2. The lowest BCUT2D eigenvalue weighted by atomic mass is 9.44. The number of allylic oxidation sites excluding steroid dienone is 2. The third-order valence-corrected chi connectivity index (χ3v) is 9.73. The van der Waals surface area contributed by atoms with Gasteiger partial charge in [-0.25, -0.2) is 4.79 Å². The molecule has 30 heavy (non-hydrogen) atoms. The molecular formula is C26H36N2O2. The maximum Gasteiger partial charge on any atom is 0.407 e. The van der Waals surface area contributed by atoms with Crippen LogP contribution in [-0.4, -0.2) is 24.2 Å². The zero-order chi connectivity index (χ0) is 20.9. The highest BCUT2D eigenvalue weighted by Crippen LogP contribution is 2.67. The Morgan fingerprint density at radius 3 is 2.80 bits per heavy atom. The Hall–Kier alpha value is -1.84. The normalized spacial score (nSPS) is 42.4. The molecule has 1 unspecified atom stereocenters. The number of alkyl carbamates (subject to hydrolysis) is 1. The Kier molecular flexibility index (Phi) is 4.95. The second-order valence-electron chi connectivity index (χ2n) is 10.8. The number of fused-ring (bicyclic) bond motifs is 5. The molecule has 4 aliphatic rings. The van der Waals surface area contributed by atoms with Crippen LogP contribution in [0.1, 0.15) is 70.8 Å². The minimum Gasteiger partial charge on any atom is -0.453 e. The highest BCUT2D eigenvalue weighted by atomic mass is 16.5. The summed E-state index contributed by atoms with van der Waals surface area (Å²) >= 11 is 0.